The van der Waals surface area contributed by atoms with E-state index in [2.05, 4.69) is 228 Å². The zero-order valence-corrected chi connectivity index (χ0v) is 34.8. The molecule has 0 N–H and O–H groups in total. The van der Waals surface area contributed by atoms with Crippen LogP contribution in [0.1, 0.15) is 0 Å². The van der Waals surface area contributed by atoms with E-state index in [4.69, 9.17) is 9.97 Å². The molecule has 0 aliphatic heterocycles. The Morgan fingerprint density at radius 3 is 1.76 bits per heavy atom. The average Bonchev–Trinajstić information content (AvgIpc) is 4.04. The summed E-state index contributed by atoms with van der Waals surface area (Å²) in [6.45, 7) is 0. The summed E-state index contributed by atoms with van der Waals surface area (Å²) in [5.74, 6) is 0.651. The first-order chi connectivity index (χ1) is 31.2. The van der Waals surface area contributed by atoms with Gasteiger partial charge in [-0.05, 0) is 93.2 Å². The molecule has 4 heterocycles. The molecule has 13 aromatic rings. The minimum Gasteiger partial charge on any atom is -0.309 e. The molecule has 0 fully saturated rings. The molecular formula is C58H36N4S. The van der Waals surface area contributed by atoms with Gasteiger partial charge in [-0.25, -0.2) is 9.97 Å². The van der Waals surface area contributed by atoms with Gasteiger partial charge in [0.1, 0.15) is 0 Å². The minimum atomic E-state index is 0.651. The lowest BCUT2D eigenvalue weighted by atomic mass is 9.97. The molecule has 13 rings (SSSR count). The summed E-state index contributed by atoms with van der Waals surface area (Å²) < 4.78 is 5.74. The van der Waals surface area contributed by atoms with Crippen LogP contribution in [0.5, 0.6) is 0 Å². The standard InChI is InChI=1S/C58H36N4S/c1-4-15-37(16-5-1)38-27-29-40(30-28-38)56-57-49(36-54(63-57)39-17-6-2-7-18-39)59-58(60-56)62-51-32-31-43(34-47(51)48-33-41-19-10-11-20-42(41)35-53(48)62)45-24-14-26-52-55(45)46-23-12-13-25-50(46)61(52)44-21-8-3-9-22-44/h1-36H. The Balaban J connectivity index is 1.06. The first kappa shape index (κ1) is 35.6. The lowest BCUT2D eigenvalue weighted by molar-refractivity contribution is 1.02. The number of rotatable bonds is 6. The lowest BCUT2D eigenvalue weighted by Gasteiger charge is -2.11. The number of para-hydroxylation sites is 2. The van der Waals surface area contributed by atoms with Crippen molar-refractivity contribution in [3.63, 3.8) is 0 Å². The highest BCUT2D eigenvalue weighted by molar-refractivity contribution is 7.22. The summed E-state index contributed by atoms with van der Waals surface area (Å²) in [5, 5.41) is 7.17. The molecule has 0 bridgehead atoms. The van der Waals surface area contributed by atoms with E-state index in [-0.39, 0.29) is 0 Å². The van der Waals surface area contributed by atoms with Gasteiger partial charge in [-0.3, -0.25) is 4.57 Å². The first-order valence-electron chi connectivity index (χ1n) is 21.3. The number of nitrogens with zero attached hydrogens (tertiary/aromatic N) is 4. The Bertz CT molecular complexity index is 3880. The summed E-state index contributed by atoms with van der Waals surface area (Å²) >= 11 is 1.75. The molecule has 0 unspecified atom stereocenters. The monoisotopic (exact) mass is 820 g/mol. The topological polar surface area (TPSA) is 35.6 Å². The van der Waals surface area contributed by atoms with E-state index in [1.807, 2.05) is 0 Å². The molecule has 0 amide bonds. The zero-order valence-electron chi connectivity index (χ0n) is 34.0. The average molecular weight is 821 g/mol. The minimum absolute atomic E-state index is 0.651. The summed E-state index contributed by atoms with van der Waals surface area (Å²) in [5.41, 5.74) is 14.5. The normalized spacial score (nSPS) is 11.8. The fourth-order valence-corrected chi connectivity index (χ4v) is 10.7. The molecule has 4 nitrogen and oxygen atoms in total. The molecule has 0 aliphatic rings. The number of hydrogen-bond donors (Lipinski definition) is 0. The van der Waals surface area contributed by atoms with Gasteiger partial charge in [0.2, 0.25) is 5.95 Å². The maximum absolute atomic E-state index is 5.55. The molecule has 294 valence electrons. The van der Waals surface area contributed by atoms with Crippen LogP contribution in [0.15, 0.2) is 218 Å². The van der Waals surface area contributed by atoms with Gasteiger partial charge in [0.05, 0.1) is 38.0 Å². The Kier molecular flexibility index (Phi) is 8.05. The SMILES string of the molecule is c1ccc(-c2ccc(-c3nc(-n4c5ccc(-c6cccc7c6c6ccccc6n7-c6ccccc6)cc5c5cc6ccccc6cc54)nc4cc(-c5ccccc5)sc34)cc2)cc1. The highest BCUT2D eigenvalue weighted by Crippen LogP contribution is 2.43. The molecule has 9 aromatic carbocycles. The second-order valence-corrected chi connectivity index (χ2v) is 17.2. The van der Waals surface area contributed by atoms with E-state index in [1.54, 1.807) is 11.3 Å². The molecule has 0 saturated heterocycles. The van der Waals surface area contributed by atoms with Gasteiger partial charge in [0.25, 0.3) is 0 Å². The van der Waals surface area contributed by atoms with Gasteiger partial charge in [-0.2, -0.15) is 0 Å². The van der Waals surface area contributed by atoms with Crippen molar-refractivity contribution in [2.45, 2.75) is 0 Å². The lowest BCUT2D eigenvalue weighted by Crippen LogP contribution is -2.02. The summed E-state index contributed by atoms with van der Waals surface area (Å²) in [7, 11) is 0. The third kappa shape index (κ3) is 5.74. The highest BCUT2D eigenvalue weighted by atomic mass is 32.1. The van der Waals surface area contributed by atoms with Crippen molar-refractivity contribution in [3.05, 3.63) is 218 Å². The van der Waals surface area contributed by atoms with Crippen LogP contribution in [-0.4, -0.2) is 19.1 Å². The highest BCUT2D eigenvalue weighted by Gasteiger charge is 2.22. The van der Waals surface area contributed by atoms with Crippen LogP contribution in [0.25, 0.3) is 120 Å². The second kappa shape index (κ2) is 14.2. The number of fused-ring (bicyclic) bond motifs is 8. The predicted octanol–water partition coefficient (Wildman–Crippen LogP) is 15.7. The second-order valence-electron chi connectivity index (χ2n) is 16.2. The first-order valence-corrected chi connectivity index (χ1v) is 22.1. The van der Waals surface area contributed by atoms with E-state index in [0.717, 1.165) is 54.5 Å². The van der Waals surface area contributed by atoms with Gasteiger partial charge >= 0.3 is 0 Å². The Morgan fingerprint density at radius 1 is 0.365 bits per heavy atom. The Labute approximate surface area is 367 Å². The molecule has 5 heteroatoms. The quantitative estimate of drug-likeness (QED) is 0.167. The number of hydrogen-bond acceptors (Lipinski definition) is 3. The van der Waals surface area contributed by atoms with E-state index >= 15 is 0 Å². The van der Waals surface area contributed by atoms with Gasteiger partial charge in [-0.15, -0.1) is 11.3 Å². The van der Waals surface area contributed by atoms with Gasteiger partial charge in [0, 0.05) is 37.7 Å². The molecule has 0 aliphatic carbocycles. The van der Waals surface area contributed by atoms with Crippen LogP contribution in [0, 0.1) is 0 Å². The van der Waals surface area contributed by atoms with E-state index < -0.39 is 0 Å². The van der Waals surface area contributed by atoms with Gasteiger partial charge < -0.3 is 4.57 Å². The van der Waals surface area contributed by atoms with Crippen molar-refractivity contribution in [1.82, 2.24) is 19.1 Å². The molecular weight excluding hydrogens is 785 g/mol. The van der Waals surface area contributed by atoms with Crippen LogP contribution < -0.4 is 0 Å². The maximum Gasteiger partial charge on any atom is 0.235 e. The van der Waals surface area contributed by atoms with Gasteiger partial charge in [-0.1, -0.05) is 164 Å². The summed E-state index contributed by atoms with van der Waals surface area (Å²) in [6, 6.07) is 78.6. The third-order valence-corrected chi connectivity index (χ3v) is 13.7. The van der Waals surface area contributed by atoms with Crippen LogP contribution in [0.4, 0.5) is 0 Å². The molecule has 4 aromatic heterocycles. The van der Waals surface area contributed by atoms with Crippen molar-refractivity contribution in [1.29, 1.82) is 0 Å². The van der Waals surface area contributed by atoms with Crippen molar-refractivity contribution in [2.75, 3.05) is 0 Å². The van der Waals surface area contributed by atoms with Crippen molar-refractivity contribution in [2.24, 2.45) is 0 Å². The van der Waals surface area contributed by atoms with E-state index in [0.29, 0.717) is 5.95 Å². The molecule has 0 atom stereocenters. The molecule has 0 radical (unpaired) electrons. The molecule has 63 heavy (non-hydrogen) atoms. The third-order valence-electron chi connectivity index (χ3n) is 12.5. The summed E-state index contributed by atoms with van der Waals surface area (Å²) in [6.07, 6.45) is 0. The van der Waals surface area contributed by atoms with Gasteiger partial charge in [0.15, 0.2) is 0 Å². The Hall–Kier alpha value is -8.12. The maximum atomic E-state index is 5.55. The number of benzene rings is 9. The van der Waals surface area contributed by atoms with Crippen LogP contribution in [0.3, 0.4) is 0 Å². The summed E-state index contributed by atoms with van der Waals surface area (Å²) in [4.78, 5) is 12.2. The Morgan fingerprint density at radius 2 is 0.968 bits per heavy atom. The smallest absolute Gasteiger partial charge is 0.235 e. The van der Waals surface area contributed by atoms with Crippen LogP contribution in [-0.2, 0) is 0 Å². The van der Waals surface area contributed by atoms with Crippen molar-refractivity contribution >= 4 is 75.9 Å². The van der Waals surface area contributed by atoms with Crippen molar-refractivity contribution < 1.29 is 0 Å². The van der Waals surface area contributed by atoms with Crippen LogP contribution in [0.2, 0.25) is 0 Å². The predicted molar refractivity (Wildman–Crippen MR) is 265 cm³/mol. The molecule has 0 spiro atoms. The fraction of sp³-hybridized carbons (Fsp3) is 0. The number of thiophene rings is 1. The van der Waals surface area contributed by atoms with Crippen molar-refractivity contribution in [3.8, 4) is 55.6 Å². The van der Waals surface area contributed by atoms with E-state index in [1.165, 1.54) is 59.7 Å². The largest absolute Gasteiger partial charge is 0.309 e. The van der Waals surface area contributed by atoms with E-state index in [9.17, 15) is 0 Å². The van der Waals surface area contributed by atoms with Crippen LogP contribution >= 0.6 is 11.3 Å². The number of aromatic nitrogens is 4. The molecule has 0 saturated carbocycles. The zero-order chi connectivity index (χ0) is 41.4. The fourth-order valence-electron chi connectivity index (χ4n) is 9.61.